The first kappa shape index (κ1) is 12.9. The summed E-state index contributed by atoms with van der Waals surface area (Å²) in [5.74, 6) is 0. The Bertz CT molecular complexity index is 139. The van der Waals surface area contributed by atoms with Crippen LogP contribution in [0.25, 0.3) is 0 Å². The smallest absolute Gasteiger partial charge is 0.199 e. The van der Waals surface area contributed by atoms with Gasteiger partial charge in [0.15, 0.2) is 0 Å². The van der Waals surface area contributed by atoms with Crippen LogP contribution in [0.15, 0.2) is 24.3 Å². The fourth-order valence-electron chi connectivity index (χ4n) is 0.421. The summed E-state index contributed by atoms with van der Waals surface area (Å²) in [4.78, 5) is 0. The van der Waals surface area contributed by atoms with E-state index in [1.54, 1.807) is 0 Å². The van der Waals surface area contributed by atoms with Crippen molar-refractivity contribution >= 4 is 0 Å². The predicted molar refractivity (Wildman–Crippen MR) is 29.7 cm³/mol. The van der Waals surface area contributed by atoms with Gasteiger partial charge in [-0.3, -0.25) is 0 Å². The van der Waals surface area contributed by atoms with Gasteiger partial charge in [0.2, 0.25) is 0 Å². The SMILES string of the molecule is [CH2-]c1cc[c-]cc1.[Cr].[K+]. The normalized spacial score (nSPS) is 6.67. The molecule has 0 heterocycles. The third-order valence-electron chi connectivity index (χ3n) is 0.787. The van der Waals surface area contributed by atoms with E-state index in [1.807, 2.05) is 24.3 Å². The van der Waals surface area contributed by atoms with E-state index < -0.39 is 0 Å². The van der Waals surface area contributed by atoms with Crippen molar-refractivity contribution in [3.63, 3.8) is 0 Å². The molecule has 42 valence electrons. The van der Waals surface area contributed by atoms with Crippen LogP contribution in [0.1, 0.15) is 5.56 Å². The summed E-state index contributed by atoms with van der Waals surface area (Å²) in [6.45, 7) is 3.70. The van der Waals surface area contributed by atoms with Gasteiger partial charge in [-0.25, -0.2) is 0 Å². The summed E-state index contributed by atoms with van der Waals surface area (Å²) in [7, 11) is 0. The van der Waals surface area contributed by atoms with Gasteiger partial charge in [0, 0.05) is 17.4 Å². The fourth-order valence-corrected chi connectivity index (χ4v) is 0.421. The third-order valence-corrected chi connectivity index (χ3v) is 0.787. The van der Waals surface area contributed by atoms with Crippen LogP contribution in [0.5, 0.6) is 0 Å². The molecule has 0 aliphatic heterocycles. The summed E-state index contributed by atoms with van der Waals surface area (Å²) in [6.07, 6.45) is 0. The van der Waals surface area contributed by atoms with E-state index in [1.165, 1.54) is 0 Å². The van der Waals surface area contributed by atoms with E-state index in [2.05, 4.69) is 13.0 Å². The zero-order chi connectivity index (χ0) is 5.11. The average molecular weight is 181 g/mol. The third kappa shape index (κ3) is 5.69. The maximum Gasteiger partial charge on any atom is 1.00 e. The summed E-state index contributed by atoms with van der Waals surface area (Å²) < 4.78 is 0. The monoisotopic (exact) mass is 181 g/mol. The molecule has 0 saturated carbocycles. The molecule has 0 bridgehead atoms. The zero-order valence-electron chi connectivity index (χ0n) is 5.42. The van der Waals surface area contributed by atoms with E-state index in [9.17, 15) is 0 Å². The molecule has 0 radical (unpaired) electrons. The molecule has 1 aromatic carbocycles. The summed E-state index contributed by atoms with van der Waals surface area (Å²) in [5, 5.41) is 0. The van der Waals surface area contributed by atoms with Crippen molar-refractivity contribution in [2.75, 3.05) is 0 Å². The molecule has 0 unspecified atom stereocenters. The first-order valence-electron chi connectivity index (χ1n) is 2.17. The second kappa shape index (κ2) is 7.37. The standard InChI is InChI=1S/C7H6.Cr.K/c1-7-5-3-2-4-6-7;;/h3-6H,1H2;;/q-2;;+1. The van der Waals surface area contributed by atoms with Crippen LogP contribution in [0.4, 0.5) is 0 Å². The molecule has 0 aliphatic carbocycles. The van der Waals surface area contributed by atoms with Crippen molar-refractivity contribution < 1.29 is 68.7 Å². The Morgan fingerprint density at radius 3 is 1.89 bits per heavy atom. The van der Waals surface area contributed by atoms with Crippen LogP contribution >= 0.6 is 0 Å². The van der Waals surface area contributed by atoms with Crippen molar-refractivity contribution in [2.45, 2.75) is 0 Å². The Kier molecular flexibility index (Phi) is 10.6. The van der Waals surface area contributed by atoms with Gasteiger partial charge in [-0.05, 0) is 0 Å². The van der Waals surface area contributed by atoms with E-state index in [0.29, 0.717) is 0 Å². The average Bonchev–Trinajstić information content (AvgIpc) is 1.69. The molecular weight excluding hydrogens is 175 g/mol. The minimum atomic E-state index is 0. The topological polar surface area (TPSA) is 0 Å². The van der Waals surface area contributed by atoms with Crippen LogP contribution in [0.3, 0.4) is 0 Å². The summed E-state index contributed by atoms with van der Waals surface area (Å²) in [6, 6.07) is 10.4. The molecule has 0 aliphatic rings. The van der Waals surface area contributed by atoms with E-state index >= 15 is 0 Å². The van der Waals surface area contributed by atoms with Crippen LogP contribution in [0.2, 0.25) is 0 Å². The Hall–Kier alpha value is 1.26. The van der Waals surface area contributed by atoms with Gasteiger partial charge in [0.25, 0.3) is 0 Å². The summed E-state index contributed by atoms with van der Waals surface area (Å²) in [5.41, 5.74) is 1.04. The van der Waals surface area contributed by atoms with E-state index in [-0.39, 0.29) is 68.7 Å². The minimum absolute atomic E-state index is 0. The molecule has 1 aromatic rings. The van der Waals surface area contributed by atoms with Crippen LogP contribution in [-0.2, 0) is 17.4 Å². The van der Waals surface area contributed by atoms with Crippen molar-refractivity contribution in [2.24, 2.45) is 0 Å². The molecule has 0 nitrogen and oxygen atoms in total. The van der Waals surface area contributed by atoms with Crippen LogP contribution in [0, 0.1) is 13.0 Å². The van der Waals surface area contributed by atoms with E-state index in [4.69, 9.17) is 0 Å². The zero-order valence-corrected chi connectivity index (χ0v) is 9.82. The van der Waals surface area contributed by atoms with Gasteiger partial charge < -0.3 is 0 Å². The fraction of sp³-hybridized carbons (Fsp3) is 0. The maximum atomic E-state index is 3.70. The number of benzene rings is 1. The molecule has 0 atom stereocenters. The molecule has 1 rings (SSSR count). The van der Waals surface area contributed by atoms with Crippen LogP contribution in [-0.4, -0.2) is 0 Å². The van der Waals surface area contributed by atoms with Crippen LogP contribution < -0.4 is 51.4 Å². The molecule has 2 heteroatoms. The molecule has 0 N–H and O–H groups in total. The first-order chi connectivity index (χ1) is 3.39. The molecule has 0 fully saturated rings. The second-order valence-corrected chi connectivity index (χ2v) is 1.41. The number of rotatable bonds is 0. The van der Waals surface area contributed by atoms with Crippen molar-refractivity contribution in [3.05, 3.63) is 42.8 Å². The predicted octanol–water partition coefficient (Wildman–Crippen LogP) is -1.33. The van der Waals surface area contributed by atoms with Gasteiger partial charge in [-0.2, -0.15) is 42.8 Å². The Labute approximate surface area is 110 Å². The molecular formula is C7H6CrK-. The van der Waals surface area contributed by atoms with Gasteiger partial charge in [-0.15, -0.1) is 0 Å². The molecule has 0 amide bonds. The van der Waals surface area contributed by atoms with Crippen molar-refractivity contribution in [1.29, 1.82) is 0 Å². The Balaban J connectivity index is 0. The van der Waals surface area contributed by atoms with Crippen molar-refractivity contribution in [1.82, 2.24) is 0 Å². The van der Waals surface area contributed by atoms with Crippen molar-refractivity contribution in [3.8, 4) is 0 Å². The Morgan fingerprint density at radius 1 is 1.22 bits per heavy atom. The summed E-state index contributed by atoms with van der Waals surface area (Å²) >= 11 is 0. The van der Waals surface area contributed by atoms with Gasteiger partial charge >= 0.3 is 51.4 Å². The van der Waals surface area contributed by atoms with Gasteiger partial charge in [0.05, 0.1) is 0 Å². The second-order valence-electron chi connectivity index (χ2n) is 1.41. The molecule has 0 aromatic heterocycles. The minimum Gasteiger partial charge on any atom is -0.199 e. The quantitative estimate of drug-likeness (QED) is 0.344. The maximum absolute atomic E-state index is 3.70. The molecule has 0 spiro atoms. The van der Waals surface area contributed by atoms with Gasteiger partial charge in [-0.1, -0.05) is 0 Å². The van der Waals surface area contributed by atoms with E-state index in [0.717, 1.165) is 5.56 Å². The molecule has 9 heavy (non-hydrogen) atoms. The van der Waals surface area contributed by atoms with Gasteiger partial charge in [0.1, 0.15) is 0 Å². The Morgan fingerprint density at radius 2 is 1.67 bits per heavy atom. The molecule has 0 saturated heterocycles. The first-order valence-corrected chi connectivity index (χ1v) is 2.17. The number of hydrogen-bond acceptors (Lipinski definition) is 0. The largest absolute Gasteiger partial charge is 1.00 e. The number of hydrogen-bond donors (Lipinski definition) is 0.